The van der Waals surface area contributed by atoms with E-state index in [1.165, 1.54) is 0 Å². The number of rotatable bonds is 2. The summed E-state index contributed by atoms with van der Waals surface area (Å²) in [5, 5.41) is 5.78. The molecule has 11 nitrogen and oxygen atoms in total. The first-order chi connectivity index (χ1) is 21.1. The van der Waals surface area contributed by atoms with Gasteiger partial charge in [-0.3, -0.25) is 9.59 Å². The first-order valence-electron chi connectivity index (χ1n) is 14.1. The smallest absolute Gasteiger partial charge is 0.251 e. The quantitative estimate of drug-likeness (QED) is 0.460. The van der Waals surface area contributed by atoms with E-state index in [2.05, 4.69) is 10.6 Å². The molecule has 0 aromatic heterocycles. The second kappa shape index (κ2) is 17.0. The Morgan fingerprint density at radius 3 is 1.40 bits per heavy atom. The van der Waals surface area contributed by atoms with Crippen molar-refractivity contribution >= 4 is 11.8 Å². The van der Waals surface area contributed by atoms with E-state index in [1.54, 1.807) is 50.6 Å². The van der Waals surface area contributed by atoms with E-state index in [0.29, 0.717) is 87.0 Å². The third-order valence-corrected chi connectivity index (χ3v) is 6.46. The molecule has 0 saturated carbocycles. The molecule has 4 heterocycles. The fourth-order valence-corrected chi connectivity index (χ4v) is 4.22. The highest BCUT2D eigenvalue weighted by Crippen LogP contribution is 2.29. The first kappa shape index (κ1) is 31.6. The molecule has 4 aliphatic heterocycles. The van der Waals surface area contributed by atoms with E-state index >= 15 is 0 Å². The summed E-state index contributed by atoms with van der Waals surface area (Å²) in [5.74, 6) is 1.63. The van der Waals surface area contributed by atoms with Crippen molar-refractivity contribution in [2.45, 2.75) is 13.1 Å². The van der Waals surface area contributed by atoms with Crippen molar-refractivity contribution in [3.63, 3.8) is 0 Å². The summed E-state index contributed by atoms with van der Waals surface area (Å²) in [6, 6.07) is 17.5. The minimum absolute atomic E-state index is 0.265. The van der Waals surface area contributed by atoms with Crippen LogP contribution in [0, 0.1) is 0 Å². The number of hydrogen-bond donors (Lipinski definition) is 2. The van der Waals surface area contributed by atoms with Crippen LogP contribution in [0.5, 0.6) is 23.0 Å². The summed E-state index contributed by atoms with van der Waals surface area (Å²) in [6.07, 6.45) is 0. The Labute approximate surface area is 251 Å². The molecule has 0 spiro atoms. The average Bonchev–Trinajstić information content (AvgIpc) is 3.04. The van der Waals surface area contributed by atoms with Gasteiger partial charge in [-0.25, -0.2) is 0 Å². The lowest BCUT2D eigenvalue weighted by molar-refractivity contribution is 0.00479. The van der Waals surface area contributed by atoms with Crippen molar-refractivity contribution in [1.82, 2.24) is 10.6 Å². The Balaban J connectivity index is 1.43. The minimum Gasteiger partial charge on any atom is -0.493 e. The average molecular weight is 595 g/mol. The predicted molar refractivity (Wildman–Crippen MR) is 158 cm³/mol. The van der Waals surface area contributed by atoms with Gasteiger partial charge < -0.3 is 43.8 Å². The standard InChI is InChI=1S/C32H38N2O9/c1-37-29-18-23-6-8-27(29)42-16-14-40-12-10-39-11-13-41-15-17-43-28-9-7-24(19-30(28)38-2)22-34-32(36)26-5-3-4-25(20-26)31(35)33-21-23/h3-9,18-20H,10-17,21-22H2,1-2H3,(H,33,35)(H,34,36). The maximum atomic E-state index is 12.9. The predicted octanol–water partition coefficient (Wildman–Crippen LogP) is 3.38. The monoisotopic (exact) mass is 594 g/mol. The second-order valence-corrected chi connectivity index (χ2v) is 9.45. The van der Waals surface area contributed by atoms with Crippen LogP contribution in [-0.4, -0.2) is 78.9 Å². The van der Waals surface area contributed by atoms with Crippen LogP contribution in [0.25, 0.3) is 0 Å². The molecule has 43 heavy (non-hydrogen) atoms. The molecule has 0 fully saturated rings. The fraction of sp³-hybridized carbons (Fsp3) is 0.375. The molecule has 3 aromatic rings. The van der Waals surface area contributed by atoms with Crippen LogP contribution in [-0.2, 0) is 27.3 Å². The maximum absolute atomic E-state index is 12.9. The third kappa shape index (κ3) is 9.88. The van der Waals surface area contributed by atoms with Gasteiger partial charge in [0, 0.05) is 24.2 Å². The highest BCUT2D eigenvalue weighted by molar-refractivity contribution is 5.99. The molecular formula is C32H38N2O9. The fourth-order valence-electron chi connectivity index (χ4n) is 4.22. The number of nitrogens with one attached hydrogen (secondary N) is 2. The summed E-state index contributed by atoms with van der Waals surface area (Å²) >= 11 is 0. The van der Waals surface area contributed by atoms with E-state index in [4.69, 9.17) is 33.2 Å². The lowest BCUT2D eigenvalue weighted by Gasteiger charge is -2.14. The van der Waals surface area contributed by atoms with Crippen LogP contribution in [0.4, 0.5) is 0 Å². The molecular weight excluding hydrogens is 556 g/mol. The molecule has 7 rings (SSSR count). The Hall–Kier alpha value is -4.32. The van der Waals surface area contributed by atoms with Gasteiger partial charge in [-0.05, 0) is 53.6 Å². The SMILES string of the molecule is COc1cc2ccc1OCCOCCOCCOCCOc1ccc(cc1OC)CNC(=O)c1cccc(c1)C(=O)NC2. The minimum atomic E-state index is -0.305. The molecule has 6 bridgehead atoms. The zero-order valence-electron chi connectivity index (χ0n) is 24.5. The summed E-state index contributed by atoms with van der Waals surface area (Å²) < 4.78 is 39.2. The van der Waals surface area contributed by atoms with Gasteiger partial charge in [0.25, 0.3) is 11.8 Å². The van der Waals surface area contributed by atoms with Crippen molar-refractivity contribution in [2.24, 2.45) is 0 Å². The van der Waals surface area contributed by atoms with Gasteiger partial charge in [-0.2, -0.15) is 0 Å². The Kier molecular flexibility index (Phi) is 12.5. The number of carbonyl (C=O) groups excluding carboxylic acids is 2. The summed E-state index contributed by atoms with van der Waals surface area (Å²) in [5.41, 5.74) is 2.40. The Morgan fingerprint density at radius 1 is 0.558 bits per heavy atom. The Bertz CT molecular complexity index is 1250. The Morgan fingerprint density at radius 2 is 0.977 bits per heavy atom. The van der Waals surface area contributed by atoms with Gasteiger partial charge in [0.15, 0.2) is 23.0 Å². The summed E-state index contributed by atoms with van der Waals surface area (Å²) in [7, 11) is 3.12. The zero-order valence-corrected chi connectivity index (χ0v) is 24.5. The van der Waals surface area contributed by atoms with Crippen LogP contribution in [0.2, 0.25) is 0 Å². The molecule has 0 radical (unpaired) electrons. The van der Waals surface area contributed by atoms with E-state index in [9.17, 15) is 9.59 Å². The number of benzene rings is 3. The highest BCUT2D eigenvalue weighted by Gasteiger charge is 2.13. The summed E-state index contributed by atoms with van der Waals surface area (Å²) in [6.45, 7) is 3.74. The van der Waals surface area contributed by atoms with Gasteiger partial charge >= 0.3 is 0 Å². The normalized spacial score (nSPS) is 16.2. The zero-order chi connectivity index (χ0) is 30.3. The molecule has 4 aliphatic rings. The first-order valence-corrected chi connectivity index (χ1v) is 14.1. The molecule has 0 saturated heterocycles. The van der Waals surface area contributed by atoms with Gasteiger partial charge in [0.05, 0.1) is 53.9 Å². The third-order valence-electron chi connectivity index (χ3n) is 6.46. The molecule has 230 valence electrons. The van der Waals surface area contributed by atoms with E-state index in [-0.39, 0.29) is 24.9 Å². The molecule has 3 aromatic carbocycles. The number of amides is 2. The number of carbonyl (C=O) groups is 2. The number of ether oxygens (including phenoxy) is 7. The van der Waals surface area contributed by atoms with Crippen LogP contribution in [0.15, 0.2) is 60.7 Å². The lowest BCUT2D eigenvalue weighted by atomic mass is 10.1. The molecule has 0 aliphatic carbocycles. The van der Waals surface area contributed by atoms with Crippen molar-refractivity contribution in [2.75, 3.05) is 67.1 Å². The number of hydrogen-bond acceptors (Lipinski definition) is 9. The molecule has 11 heteroatoms. The highest BCUT2D eigenvalue weighted by atomic mass is 16.6. The van der Waals surface area contributed by atoms with Crippen molar-refractivity contribution in [1.29, 1.82) is 0 Å². The van der Waals surface area contributed by atoms with Gasteiger partial charge in [-0.1, -0.05) is 18.2 Å². The summed E-state index contributed by atoms with van der Waals surface area (Å²) in [4.78, 5) is 25.8. The molecule has 2 amide bonds. The van der Waals surface area contributed by atoms with Crippen molar-refractivity contribution in [3.05, 3.63) is 82.9 Å². The largest absolute Gasteiger partial charge is 0.493 e. The van der Waals surface area contributed by atoms with Gasteiger partial charge in [0.2, 0.25) is 0 Å². The van der Waals surface area contributed by atoms with E-state index in [0.717, 1.165) is 11.1 Å². The molecule has 0 unspecified atom stereocenters. The maximum Gasteiger partial charge on any atom is 0.251 e. The van der Waals surface area contributed by atoms with Crippen LogP contribution < -0.4 is 29.6 Å². The van der Waals surface area contributed by atoms with Gasteiger partial charge in [-0.15, -0.1) is 0 Å². The molecule has 2 N–H and O–H groups in total. The van der Waals surface area contributed by atoms with E-state index < -0.39 is 0 Å². The van der Waals surface area contributed by atoms with E-state index in [1.807, 2.05) is 24.3 Å². The lowest BCUT2D eigenvalue weighted by Crippen LogP contribution is -2.25. The van der Waals surface area contributed by atoms with Gasteiger partial charge in [0.1, 0.15) is 13.2 Å². The van der Waals surface area contributed by atoms with Crippen LogP contribution in [0.1, 0.15) is 31.8 Å². The number of methoxy groups -OCH3 is 2. The van der Waals surface area contributed by atoms with Crippen molar-refractivity contribution < 1.29 is 42.7 Å². The topological polar surface area (TPSA) is 123 Å². The van der Waals surface area contributed by atoms with Crippen LogP contribution in [0.3, 0.4) is 0 Å². The second-order valence-electron chi connectivity index (χ2n) is 9.45. The van der Waals surface area contributed by atoms with Crippen molar-refractivity contribution in [3.8, 4) is 23.0 Å². The molecule has 0 atom stereocenters. The van der Waals surface area contributed by atoms with Crippen LogP contribution >= 0.6 is 0 Å².